The van der Waals surface area contributed by atoms with E-state index in [1.165, 1.54) is 32.4 Å². The Balaban J connectivity index is 3.65. The van der Waals surface area contributed by atoms with E-state index in [4.69, 9.17) is 0 Å². The molecule has 0 radical (unpaired) electrons. The highest BCUT2D eigenvalue weighted by Crippen LogP contribution is 2.13. The van der Waals surface area contributed by atoms with Crippen molar-refractivity contribution in [2.24, 2.45) is 5.92 Å². The Morgan fingerprint density at radius 3 is 2.39 bits per heavy atom. The number of nitrogens with zero attached hydrogens (tertiary/aromatic N) is 1. The lowest BCUT2D eigenvalue weighted by Gasteiger charge is -2.28. The summed E-state index contributed by atoms with van der Waals surface area (Å²) in [5.74, 6) is 0.791. The van der Waals surface area contributed by atoms with Crippen LogP contribution in [0.4, 0.5) is 0 Å². The van der Waals surface area contributed by atoms with E-state index in [-0.39, 0.29) is 12.1 Å². The number of hydrogen-bond donors (Lipinski definition) is 2. The predicted octanol–water partition coefficient (Wildman–Crippen LogP) is 2.50. The highest BCUT2D eigenvalue weighted by atomic mass is 16.3. The van der Waals surface area contributed by atoms with Crippen molar-refractivity contribution in [3.63, 3.8) is 0 Å². The maximum absolute atomic E-state index is 9.40. The Morgan fingerprint density at radius 1 is 1.22 bits per heavy atom. The van der Waals surface area contributed by atoms with Gasteiger partial charge < -0.3 is 15.3 Å². The fourth-order valence-electron chi connectivity index (χ4n) is 2.14. The molecule has 2 N–H and O–H groups in total. The van der Waals surface area contributed by atoms with Gasteiger partial charge in [0.25, 0.3) is 0 Å². The SMILES string of the molecule is CCNC(C)(CO)CCCCN(C)CCC(C)C. The lowest BCUT2D eigenvalue weighted by Crippen LogP contribution is -2.45. The summed E-state index contributed by atoms with van der Waals surface area (Å²) < 4.78 is 0. The molecule has 0 fully saturated rings. The van der Waals surface area contributed by atoms with Gasteiger partial charge in [0, 0.05) is 5.54 Å². The maximum atomic E-state index is 9.40. The van der Waals surface area contributed by atoms with Crippen molar-refractivity contribution in [2.45, 2.75) is 58.9 Å². The molecule has 1 unspecified atom stereocenters. The lowest BCUT2D eigenvalue weighted by molar-refractivity contribution is 0.163. The molecule has 0 saturated carbocycles. The van der Waals surface area contributed by atoms with Crippen molar-refractivity contribution < 1.29 is 5.11 Å². The molecule has 0 rings (SSSR count). The van der Waals surface area contributed by atoms with Crippen LogP contribution in [0.3, 0.4) is 0 Å². The Kier molecular flexibility index (Phi) is 9.70. The third-order valence-electron chi connectivity index (χ3n) is 3.56. The normalized spacial score (nSPS) is 15.3. The van der Waals surface area contributed by atoms with Crippen LogP contribution in [0.15, 0.2) is 0 Å². The Hall–Kier alpha value is -0.120. The number of aliphatic hydroxyl groups excluding tert-OH is 1. The summed E-state index contributed by atoms with van der Waals surface area (Å²) in [7, 11) is 2.21. The average molecular weight is 258 g/mol. The van der Waals surface area contributed by atoms with Gasteiger partial charge in [0.15, 0.2) is 0 Å². The first-order valence-corrected chi connectivity index (χ1v) is 7.48. The second-order valence-electron chi connectivity index (χ2n) is 6.19. The molecule has 3 heteroatoms. The van der Waals surface area contributed by atoms with Crippen LogP contribution in [0, 0.1) is 5.92 Å². The molecule has 0 aliphatic carbocycles. The minimum Gasteiger partial charge on any atom is -0.394 e. The fraction of sp³-hybridized carbons (Fsp3) is 1.00. The zero-order valence-electron chi connectivity index (χ0n) is 13.1. The van der Waals surface area contributed by atoms with Crippen LogP contribution in [-0.4, -0.2) is 48.8 Å². The molecule has 0 amide bonds. The number of hydrogen-bond acceptors (Lipinski definition) is 3. The van der Waals surface area contributed by atoms with E-state index in [0.717, 1.165) is 18.9 Å². The Bertz CT molecular complexity index is 197. The first kappa shape index (κ1) is 17.9. The second kappa shape index (κ2) is 9.76. The molecule has 0 spiro atoms. The van der Waals surface area contributed by atoms with Gasteiger partial charge in [0.1, 0.15) is 0 Å². The third kappa shape index (κ3) is 8.90. The molecule has 0 aliphatic heterocycles. The highest BCUT2D eigenvalue weighted by molar-refractivity contribution is 4.81. The van der Waals surface area contributed by atoms with E-state index in [1.54, 1.807) is 0 Å². The minimum atomic E-state index is -0.0920. The summed E-state index contributed by atoms with van der Waals surface area (Å²) in [6.45, 7) is 12.3. The lowest BCUT2D eigenvalue weighted by atomic mass is 9.95. The topological polar surface area (TPSA) is 35.5 Å². The van der Waals surface area contributed by atoms with Gasteiger partial charge in [-0.25, -0.2) is 0 Å². The van der Waals surface area contributed by atoms with Gasteiger partial charge in [-0.2, -0.15) is 0 Å². The fourth-order valence-corrected chi connectivity index (χ4v) is 2.14. The van der Waals surface area contributed by atoms with Crippen molar-refractivity contribution in [1.82, 2.24) is 10.2 Å². The number of likely N-dealkylation sites (N-methyl/N-ethyl adjacent to an activating group) is 1. The molecular weight excluding hydrogens is 224 g/mol. The highest BCUT2D eigenvalue weighted by Gasteiger charge is 2.20. The molecule has 110 valence electrons. The zero-order chi connectivity index (χ0) is 14.0. The van der Waals surface area contributed by atoms with Crippen molar-refractivity contribution in [3.8, 4) is 0 Å². The molecule has 0 aliphatic rings. The first-order valence-electron chi connectivity index (χ1n) is 7.48. The quantitative estimate of drug-likeness (QED) is 0.559. The molecule has 0 bridgehead atoms. The standard InChI is InChI=1S/C15H34N2O/c1-6-16-15(4,13-18)10-7-8-11-17(5)12-9-14(2)3/h14,16,18H,6-13H2,1-5H3. The molecule has 0 aromatic carbocycles. The van der Waals surface area contributed by atoms with Gasteiger partial charge in [-0.15, -0.1) is 0 Å². The van der Waals surface area contributed by atoms with Gasteiger partial charge >= 0.3 is 0 Å². The van der Waals surface area contributed by atoms with Crippen LogP contribution >= 0.6 is 0 Å². The van der Waals surface area contributed by atoms with Gasteiger partial charge in [-0.3, -0.25) is 0 Å². The minimum absolute atomic E-state index is 0.0920. The number of rotatable bonds is 11. The van der Waals surface area contributed by atoms with Gasteiger partial charge in [-0.1, -0.05) is 27.2 Å². The molecule has 1 atom stereocenters. The van der Waals surface area contributed by atoms with Gasteiger partial charge in [-0.05, 0) is 58.8 Å². The van der Waals surface area contributed by atoms with Gasteiger partial charge in [0.05, 0.1) is 6.61 Å². The molecule has 0 aromatic rings. The molecule has 3 nitrogen and oxygen atoms in total. The summed E-state index contributed by atoms with van der Waals surface area (Å²) in [5, 5.41) is 12.8. The monoisotopic (exact) mass is 258 g/mol. The molecule has 0 aromatic heterocycles. The van der Waals surface area contributed by atoms with Crippen molar-refractivity contribution >= 4 is 0 Å². The summed E-state index contributed by atoms with van der Waals surface area (Å²) in [5.41, 5.74) is -0.0920. The van der Waals surface area contributed by atoms with Crippen molar-refractivity contribution in [1.29, 1.82) is 0 Å². The zero-order valence-corrected chi connectivity index (χ0v) is 13.1. The molecule has 0 saturated heterocycles. The van der Waals surface area contributed by atoms with Crippen molar-refractivity contribution in [2.75, 3.05) is 33.3 Å². The van der Waals surface area contributed by atoms with E-state index >= 15 is 0 Å². The largest absolute Gasteiger partial charge is 0.394 e. The van der Waals surface area contributed by atoms with E-state index in [0.29, 0.717) is 0 Å². The average Bonchev–Trinajstić information content (AvgIpc) is 2.32. The van der Waals surface area contributed by atoms with E-state index in [2.05, 4.69) is 45.0 Å². The third-order valence-corrected chi connectivity index (χ3v) is 3.56. The van der Waals surface area contributed by atoms with Gasteiger partial charge in [0.2, 0.25) is 0 Å². The maximum Gasteiger partial charge on any atom is 0.0610 e. The summed E-state index contributed by atoms with van der Waals surface area (Å²) >= 11 is 0. The number of unbranched alkanes of at least 4 members (excludes halogenated alkanes) is 1. The van der Waals surface area contributed by atoms with Crippen LogP contribution in [-0.2, 0) is 0 Å². The van der Waals surface area contributed by atoms with Crippen LogP contribution in [0.1, 0.15) is 53.4 Å². The van der Waals surface area contributed by atoms with Crippen molar-refractivity contribution in [3.05, 3.63) is 0 Å². The van der Waals surface area contributed by atoms with Crippen LogP contribution < -0.4 is 5.32 Å². The van der Waals surface area contributed by atoms with Crippen LogP contribution in [0.2, 0.25) is 0 Å². The number of nitrogens with one attached hydrogen (secondary N) is 1. The molecule has 18 heavy (non-hydrogen) atoms. The van der Waals surface area contributed by atoms with E-state index < -0.39 is 0 Å². The summed E-state index contributed by atoms with van der Waals surface area (Å²) in [4.78, 5) is 2.42. The molecular formula is C15H34N2O. The van der Waals surface area contributed by atoms with E-state index in [9.17, 15) is 5.11 Å². The first-order chi connectivity index (χ1) is 8.43. The van der Waals surface area contributed by atoms with E-state index in [1.807, 2.05) is 0 Å². The summed E-state index contributed by atoms with van der Waals surface area (Å²) in [6, 6.07) is 0. The Morgan fingerprint density at radius 2 is 1.89 bits per heavy atom. The van der Waals surface area contributed by atoms with Crippen LogP contribution in [0.25, 0.3) is 0 Å². The number of aliphatic hydroxyl groups is 1. The van der Waals surface area contributed by atoms with Crippen LogP contribution in [0.5, 0.6) is 0 Å². The smallest absolute Gasteiger partial charge is 0.0610 e. The second-order valence-corrected chi connectivity index (χ2v) is 6.19. The predicted molar refractivity (Wildman–Crippen MR) is 80.0 cm³/mol. The Labute approximate surface area is 114 Å². The summed E-state index contributed by atoms with van der Waals surface area (Å²) in [6.07, 6.45) is 4.73. The molecule has 0 heterocycles.